The van der Waals surface area contributed by atoms with Crippen molar-refractivity contribution in [2.45, 2.75) is 20.5 Å². The quantitative estimate of drug-likeness (QED) is 0.621. The zero-order valence-electron chi connectivity index (χ0n) is 14.8. The van der Waals surface area contributed by atoms with Crippen LogP contribution in [0.5, 0.6) is 5.75 Å². The lowest BCUT2D eigenvalue weighted by Crippen LogP contribution is -2.13. The average Bonchev–Trinajstić information content (AvgIpc) is 2.64. The molecule has 1 N–H and O–H groups in total. The first-order valence-electron chi connectivity index (χ1n) is 8.38. The number of carbonyl (C=O) groups excluding carboxylic acids is 1. The molecule has 0 fully saturated rings. The fraction of sp³-hybridized carbons (Fsp3) is 0.136. The van der Waals surface area contributed by atoms with Gasteiger partial charge >= 0.3 is 0 Å². The summed E-state index contributed by atoms with van der Waals surface area (Å²) in [5.41, 5.74) is 4.44. The van der Waals surface area contributed by atoms with Gasteiger partial charge in [0.05, 0.1) is 0 Å². The van der Waals surface area contributed by atoms with E-state index in [1.165, 1.54) is 0 Å². The first kappa shape index (κ1) is 18.0. The smallest absolute Gasteiger partial charge is 0.255 e. The van der Waals surface area contributed by atoms with Gasteiger partial charge in [-0.15, -0.1) is 0 Å². The van der Waals surface area contributed by atoms with Crippen LogP contribution in [0, 0.1) is 13.8 Å². The Kier molecular flexibility index (Phi) is 5.59. The number of ether oxygens (including phenoxy) is 1. The van der Waals surface area contributed by atoms with Gasteiger partial charge in [-0.25, -0.2) is 0 Å². The molecule has 0 aliphatic carbocycles. The summed E-state index contributed by atoms with van der Waals surface area (Å²) in [5, 5.41) is 3.66. The van der Waals surface area contributed by atoms with E-state index in [2.05, 4.69) is 5.32 Å². The SMILES string of the molecule is Cc1cccc(C)c1NC(=O)c1ccc(OCc2ccccc2Cl)cc1. The molecular formula is C22H20ClNO2. The van der Waals surface area contributed by atoms with Crippen molar-refractivity contribution in [3.8, 4) is 5.75 Å². The van der Waals surface area contributed by atoms with Gasteiger partial charge in [-0.2, -0.15) is 0 Å². The van der Waals surface area contributed by atoms with Crippen molar-refractivity contribution in [3.05, 3.63) is 94.0 Å². The van der Waals surface area contributed by atoms with Gasteiger partial charge in [-0.05, 0) is 55.3 Å². The Balaban J connectivity index is 1.65. The van der Waals surface area contributed by atoms with E-state index in [-0.39, 0.29) is 5.91 Å². The summed E-state index contributed by atoms with van der Waals surface area (Å²) in [4.78, 5) is 12.5. The van der Waals surface area contributed by atoms with Crippen molar-refractivity contribution in [1.29, 1.82) is 0 Å². The number of para-hydroxylation sites is 1. The Morgan fingerprint density at radius 1 is 0.923 bits per heavy atom. The standard InChI is InChI=1S/C22H20ClNO2/c1-15-6-5-7-16(2)21(15)24-22(25)17-10-12-19(13-11-17)26-14-18-8-3-4-9-20(18)23/h3-13H,14H2,1-2H3,(H,24,25). The molecule has 0 unspecified atom stereocenters. The summed E-state index contributed by atoms with van der Waals surface area (Å²) in [6, 6.07) is 20.6. The van der Waals surface area contributed by atoms with Gasteiger partial charge in [-0.3, -0.25) is 4.79 Å². The predicted molar refractivity (Wildman–Crippen MR) is 106 cm³/mol. The third-order valence-electron chi connectivity index (χ3n) is 4.19. The molecular weight excluding hydrogens is 346 g/mol. The largest absolute Gasteiger partial charge is 0.489 e. The zero-order chi connectivity index (χ0) is 18.5. The average molecular weight is 366 g/mol. The molecule has 3 aromatic rings. The van der Waals surface area contributed by atoms with Gasteiger partial charge in [-0.1, -0.05) is 48.0 Å². The minimum Gasteiger partial charge on any atom is -0.489 e. The molecule has 4 heteroatoms. The van der Waals surface area contributed by atoms with Crippen LogP contribution in [0.25, 0.3) is 0 Å². The molecule has 1 amide bonds. The second-order valence-corrected chi connectivity index (χ2v) is 6.53. The number of nitrogens with one attached hydrogen (secondary N) is 1. The molecule has 132 valence electrons. The van der Waals surface area contributed by atoms with Crippen LogP contribution in [0.2, 0.25) is 5.02 Å². The summed E-state index contributed by atoms with van der Waals surface area (Å²) < 4.78 is 5.75. The fourth-order valence-electron chi connectivity index (χ4n) is 2.68. The van der Waals surface area contributed by atoms with Gasteiger partial charge in [0.1, 0.15) is 12.4 Å². The molecule has 0 aliphatic heterocycles. The monoisotopic (exact) mass is 365 g/mol. The van der Waals surface area contributed by atoms with Crippen LogP contribution < -0.4 is 10.1 Å². The van der Waals surface area contributed by atoms with Crippen molar-refractivity contribution < 1.29 is 9.53 Å². The third kappa shape index (κ3) is 4.24. The van der Waals surface area contributed by atoms with Gasteiger partial charge < -0.3 is 10.1 Å². The number of hydrogen-bond acceptors (Lipinski definition) is 2. The van der Waals surface area contributed by atoms with E-state index < -0.39 is 0 Å². The number of carbonyl (C=O) groups is 1. The molecule has 0 saturated heterocycles. The second-order valence-electron chi connectivity index (χ2n) is 6.13. The zero-order valence-corrected chi connectivity index (χ0v) is 15.5. The van der Waals surface area contributed by atoms with Gasteiger partial charge in [0.15, 0.2) is 0 Å². The summed E-state index contributed by atoms with van der Waals surface area (Å²) in [6.45, 7) is 4.34. The lowest BCUT2D eigenvalue weighted by Gasteiger charge is -2.12. The van der Waals surface area contributed by atoms with E-state index >= 15 is 0 Å². The lowest BCUT2D eigenvalue weighted by molar-refractivity contribution is 0.102. The van der Waals surface area contributed by atoms with E-state index in [9.17, 15) is 4.79 Å². The molecule has 0 aromatic heterocycles. The molecule has 26 heavy (non-hydrogen) atoms. The second kappa shape index (κ2) is 8.07. The molecule has 0 bridgehead atoms. The number of hydrogen-bond donors (Lipinski definition) is 1. The van der Waals surface area contributed by atoms with E-state index in [1.807, 2.05) is 56.3 Å². The van der Waals surface area contributed by atoms with E-state index in [4.69, 9.17) is 16.3 Å². The van der Waals surface area contributed by atoms with Gasteiger partial charge in [0.25, 0.3) is 5.91 Å². The molecule has 3 nitrogen and oxygen atoms in total. The summed E-state index contributed by atoms with van der Waals surface area (Å²) >= 11 is 6.13. The first-order valence-corrected chi connectivity index (χ1v) is 8.76. The summed E-state index contributed by atoms with van der Waals surface area (Å²) in [6.07, 6.45) is 0. The predicted octanol–water partition coefficient (Wildman–Crippen LogP) is 5.79. The summed E-state index contributed by atoms with van der Waals surface area (Å²) in [5.74, 6) is 0.550. The minimum absolute atomic E-state index is 0.139. The normalized spacial score (nSPS) is 10.4. The highest BCUT2D eigenvalue weighted by Crippen LogP contribution is 2.22. The molecule has 3 rings (SSSR count). The maximum atomic E-state index is 12.5. The van der Waals surface area contributed by atoms with Crippen molar-refractivity contribution >= 4 is 23.2 Å². The topological polar surface area (TPSA) is 38.3 Å². The Morgan fingerprint density at radius 3 is 2.23 bits per heavy atom. The Morgan fingerprint density at radius 2 is 1.58 bits per heavy atom. The third-order valence-corrected chi connectivity index (χ3v) is 4.56. The van der Waals surface area contributed by atoms with Crippen molar-refractivity contribution in [2.24, 2.45) is 0 Å². The first-order chi connectivity index (χ1) is 12.5. The summed E-state index contributed by atoms with van der Waals surface area (Å²) in [7, 11) is 0. The van der Waals surface area contributed by atoms with E-state index in [0.717, 1.165) is 22.4 Å². The maximum absolute atomic E-state index is 12.5. The highest BCUT2D eigenvalue weighted by molar-refractivity contribution is 6.31. The number of halogens is 1. The van der Waals surface area contributed by atoms with Crippen molar-refractivity contribution in [1.82, 2.24) is 0 Å². The molecule has 0 aliphatic rings. The maximum Gasteiger partial charge on any atom is 0.255 e. The number of rotatable bonds is 5. The molecule has 0 atom stereocenters. The number of aryl methyl sites for hydroxylation is 2. The van der Waals surface area contributed by atoms with E-state index in [0.29, 0.717) is 22.9 Å². The molecule has 0 spiro atoms. The Labute approximate surface area is 158 Å². The highest BCUT2D eigenvalue weighted by Gasteiger charge is 2.10. The van der Waals surface area contributed by atoms with Crippen LogP contribution in [0.1, 0.15) is 27.0 Å². The van der Waals surface area contributed by atoms with Crippen LogP contribution in [0.4, 0.5) is 5.69 Å². The lowest BCUT2D eigenvalue weighted by atomic mass is 10.1. The van der Waals surface area contributed by atoms with Crippen LogP contribution in [-0.4, -0.2) is 5.91 Å². The number of amides is 1. The van der Waals surface area contributed by atoms with Crippen LogP contribution in [-0.2, 0) is 6.61 Å². The van der Waals surface area contributed by atoms with Crippen molar-refractivity contribution in [3.63, 3.8) is 0 Å². The van der Waals surface area contributed by atoms with Gasteiger partial charge in [0.2, 0.25) is 0 Å². The molecule has 0 heterocycles. The van der Waals surface area contributed by atoms with E-state index in [1.54, 1.807) is 24.3 Å². The van der Waals surface area contributed by atoms with Crippen LogP contribution in [0.15, 0.2) is 66.7 Å². The molecule has 0 saturated carbocycles. The molecule has 3 aromatic carbocycles. The minimum atomic E-state index is -0.139. The van der Waals surface area contributed by atoms with Crippen LogP contribution in [0.3, 0.4) is 0 Å². The highest BCUT2D eigenvalue weighted by atomic mass is 35.5. The van der Waals surface area contributed by atoms with Gasteiger partial charge in [0, 0.05) is 21.8 Å². The fourth-order valence-corrected chi connectivity index (χ4v) is 2.87. The Hall–Kier alpha value is -2.78. The Bertz CT molecular complexity index is 899. The number of anilines is 1. The van der Waals surface area contributed by atoms with Crippen LogP contribution >= 0.6 is 11.6 Å². The van der Waals surface area contributed by atoms with Crippen molar-refractivity contribution in [2.75, 3.05) is 5.32 Å². The number of benzene rings is 3. The molecule has 0 radical (unpaired) electrons.